The Morgan fingerprint density at radius 3 is 2.88 bits per heavy atom. The maximum atomic E-state index is 12.2. The molecule has 2 amide bonds. The first kappa shape index (κ1) is 17.2. The lowest BCUT2D eigenvalue weighted by molar-refractivity contribution is -0.127. The zero-order valence-electron chi connectivity index (χ0n) is 14.3. The Bertz CT molecular complexity index is 856. The van der Waals surface area contributed by atoms with Gasteiger partial charge in [0.15, 0.2) is 0 Å². The van der Waals surface area contributed by atoms with Crippen molar-refractivity contribution in [1.29, 1.82) is 0 Å². The SMILES string of the molecule is Cc1ccc2c(CC(=O)NCCCN3CCCC3=O)cc(=O)oc2c1. The molecule has 3 rings (SSSR count). The summed E-state index contributed by atoms with van der Waals surface area (Å²) in [4.78, 5) is 37.2. The molecule has 1 N–H and O–H groups in total. The van der Waals surface area contributed by atoms with E-state index in [1.54, 1.807) is 6.07 Å². The number of benzene rings is 1. The minimum Gasteiger partial charge on any atom is -0.423 e. The van der Waals surface area contributed by atoms with E-state index >= 15 is 0 Å². The zero-order valence-corrected chi connectivity index (χ0v) is 14.3. The highest BCUT2D eigenvalue weighted by Gasteiger charge is 2.19. The molecule has 0 spiro atoms. The van der Waals surface area contributed by atoms with E-state index in [1.165, 1.54) is 6.07 Å². The number of nitrogens with zero attached hydrogens (tertiary/aromatic N) is 1. The summed E-state index contributed by atoms with van der Waals surface area (Å²) in [6, 6.07) is 6.97. The first-order chi connectivity index (χ1) is 12.0. The molecule has 1 saturated heterocycles. The number of rotatable bonds is 6. The highest BCUT2D eigenvalue weighted by molar-refractivity contribution is 5.87. The number of likely N-dealkylation sites (tertiary alicyclic amines) is 1. The molecule has 0 saturated carbocycles. The molecule has 1 aromatic carbocycles. The van der Waals surface area contributed by atoms with E-state index in [0.717, 1.165) is 30.3 Å². The van der Waals surface area contributed by atoms with Gasteiger partial charge >= 0.3 is 5.63 Å². The maximum Gasteiger partial charge on any atom is 0.336 e. The Labute approximate surface area is 145 Å². The smallest absolute Gasteiger partial charge is 0.336 e. The number of nitrogens with one attached hydrogen (secondary N) is 1. The van der Waals surface area contributed by atoms with Crippen molar-refractivity contribution in [2.24, 2.45) is 0 Å². The number of carbonyl (C=O) groups is 2. The quantitative estimate of drug-likeness (QED) is 0.641. The second kappa shape index (κ2) is 7.51. The average Bonchev–Trinajstić information content (AvgIpc) is 2.96. The summed E-state index contributed by atoms with van der Waals surface area (Å²) in [5, 5.41) is 3.64. The van der Waals surface area contributed by atoms with Crippen LogP contribution >= 0.6 is 0 Å². The first-order valence-electron chi connectivity index (χ1n) is 8.61. The Morgan fingerprint density at radius 1 is 1.28 bits per heavy atom. The molecule has 6 nitrogen and oxygen atoms in total. The predicted molar refractivity (Wildman–Crippen MR) is 94.4 cm³/mol. The first-order valence-corrected chi connectivity index (χ1v) is 8.61. The van der Waals surface area contributed by atoms with E-state index < -0.39 is 5.63 Å². The summed E-state index contributed by atoms with van der Waals surface area (Å²) in [5.74, 6) is 0.0596. The number of hydrogen-bond acceptors (Lipinski definition) is 4. The minimum atomic E-state index is -0.451. The number of hydrogen-bond donors (Lipinski definition) is 1. The van der Waals surface area contributed by atoms with E-state index in [4.69, 9.17) is 4.42 Å². The summed E-state index contributed by atoms with van der Waals surface area (Å²) in [7, 11) is 0. The van der Waals surface area contributed by atoms with Gasteiger partial charge in [-0.1, -0.05) is 12.1 Å². The van der Waals surface area contributed by atoms with Gasteiger partial charge in [0.2, 0.25) is 11.8 Å². The maximum absolute atomic E-state index is 12.2. The van der Waals surface area contributed by atoms with Crippen molar-refractivity contribution in [2.75, 3.05) is 19.6 Å². The van der Waals surface area contributed by atoms with Gasteiger partial charge in [-0.25, -0.2) is 4.79 Å². The molecule has 132 valence electrons. The van der Waals surface area contributed by atoms with Crippen LogP contribution in [0.4, 0.5) is 0 Å². The summed E-state index contributed by atoms with van der Waals surface area (Å²) < 4.78 is 5.21. The highest BCUT2D eigenvalue weighted by atomic mass is 16.4. The van der Waals surface area contributed by atoms with Gasteiger partial charge in [0.1, 0.15) is 5.58 Å². The topological polar surface area (TPSA) is 79.6 Å². The third-order valence-electron chi connectivity index (χ3n) is 4.44. The highest BCUT2D eigenvalue weighted by Crippen LogP contribution is 2.19. The Kier molecular flexibility index (Phi) is 5.16. The Hall–Kier alpha value is -2.63. The van der Waals surface area contributed by atoms with E-state index in [-0.39, 0.29) is 18.2 Å². The number of amides is 2. The molecule has 25 heavy (non-hydrogen) atoms. The van der Waals surface area contributed by atoms with E-state index in [1.807, 2.05) is 24.0 Å². The number of carbonyl (C=O) groups excluding carboxylic acids is 2. The van der Waals surface area contributed by atoms with Crippen molar-refractivity contribution < 1.29 is 14.0 Å². The molecule has 0 unspecified atom stereocenters. The Balaban J connectivity index is 1.57. The van der Waals surface area contributed by atoms with Crippen LogP contribution in [0, 0.1) is 6.92 Å². The lowest BCUT2D eigenvalue weighted by Gasteiger charge is -2.15. The van der Waals surface area contributed by atoms with Crippen LogP contribution in [0.2, 0.25) is 0 Å². The van der Waals surface area contributed by atoms with Crippen molar-refractivity contribution >= 4 is 22.8 Å². The van der Waals surface area contributed by atoms with Gasteiger partial charge < -0.3 is 14.6 Å². The largest absolute Gasteiger partial charge is 0.423 e. The monoisotopic (exact) mass is 342 g/mol. The summed E-state index contributed by atoms with van der Waals surface area (Å²) >= 11 is 0. The molecular formula is C19H22N2O4. The summed E-state index contributed by atoms with van der Waals surface area (Å²) in [6.07, 6.45) is 2.42. The van der Waals surface area contributed by atoms with Crippen molar-refractivity contribution in [2.45, 2.75) is 32.6 Å². The zero-order chi connectivity index (χ0) is 17.8. The molecule has 1 aromatic heterocycles. The van der Waals surface area contributed by atoms with Gasteiger partial charge in [-0.15, -0.1) is 0 Å². The fraction of sp³-hybridized carbons (Fsp3) is 0.421. The summed E-state index contributed by atoms with van der Waals surface area (Å²) in [6.45, 7) is 3.93. The molecule has 6 heteroatoms. The fourth-order valence-electron chi connectivity index (χ4n) is 3.16. The van der Waals surface area contributed by atoms with Gasteiger partial charge in [0, 0.05) is 37.5 Å². The van der Waals surface area contributed by atoms with Crippen LogP contribution in [0.15, 0.2) is 33.5 Å². The minimum absolute atomic E-state index is 0.133. The number of aryl methyl sites for hydroxylation is 1. The molecule has 0 radical (unpaired) electrons. The van der Waals surface area contributed by atoms with E-state index in [0.29, 0.717) is 30.7 Å². The van der Waals surface area contributed by atoms with Crippen molar-refractivity contribution in [3.63, 3.8) is 0 Å². The second-order valence-corrected chi connectivity index (χ2v) is 6.45. The molecule has 0 bridgehead atoms. The van der Waals surface area contributed by atoms with Gasteiger partial charge in [-0.05, 0) is 37.0 Å². The Morgan fingerprint density at radius 2 is 2.12 bits per heavy atom. The van der Waals surface area contributed by atoms with Crippen LogP contribution in [0.1, 0.15) is 30.4 Å². The van der Waals surface area contributed by atoms with Crippen molar-refractivity contribution in [3.05, 3.63) is 45.8 Å². The average molecular weight is 342 g/mol. The third kappa shape index (κ3) is 4.26. The second-order valence-electron chi connectivity index (χ2n) is 6.45. The summed E-state index contributed by atoms with van der Waals surface area (Å²) in [5.41, 5.74) is 1.71. The molecule has 1 aliphatic heterocycles. The molecule has 2 heterocycles. The predicted octanol–water partition coefficient (Wildman–Crippen LogP) is 1.77. The van der Waals surface area contributed by atoms with Crippen LogP contribution in [0.5, 0.6) is 0 Å². The van der Waals surface area contributed by atoms with E-state index in [2.05, 4.69) is 5.32 Å². The van der Waals surface area contributed by atoms with Gasteiger partial charge in [-0.2, -0.15) is 0 Å². The fourth-order valence-corrected chi connectivity index (χ4v) is 3.16. The van der Waals surface area contributed by atoms with Crippen LogP contribution in [-0.2, 0) is 16.0 Å². The van der Waals surface area contributed by atoms with Crippen LogP contribution in [0.3, 0.4) is 0 Å². The van der Waals surface area contributed by atoms with Crippen molar-refractivity contribution in [3.8, 4) is 0 Å². The molecule has 1 fully saturated rings. The van der Waals surface area contributed by atoms with Gasteiger partial charge in [0.25, 0.3) is 0 Å². The molecular weight excluding hydrogens is 320 g/mol. The van der Waals surface area contributed by atoms with Crippen LogP contribution < -0.4 is 10.9 Å². The van der Waals surface area contributed by atoms with Gasteiger partial charge in [0.05, 0.1) is 6.42 Å². The lowest BCUT2D eigenvalue weighted by Crippen LogP contribution is -2.31. The lowest BCUT2D eigenvalue weighted by atomic mass is 10.1. The molecule has 1 aliphatic rings. The van der Waals surface area contributed by atoms with Crippen molar-refractivity contribution in [1.82, 2.24) is 10.2 Å². The standard InChI is InChI=1S/C19H22N2O4/c1-13-5-6-15-14(12-19(24)25-16(15)10-13)11-17(22)20-7-3-9-21-8-2-4-18(21)23/h5-6,10,12H,2-4,7-9,11H2,1H3,(H,20,22). The third-order valence-corrected chi connectivity index (χ3v) is 4.44. The normalized spacial score (nSPS) is 14.3. The molecule has 0 atom stereocenters. The molecule has 0 aliphatic carbocycles. The van der Waals surface area contributed by atoms with Gasteiger partial charge in [-0.3, -0.25) is 9.59 Å². The van der Waals surface area contributed by atoms with Crippen LogP contribution in [0.25, 0.3) is 11.0 Å². The molecule has 2 aromatic rings. The van der Waals surface area contributed by atoms with E-state index in [9.17, 15) is 14.4 Å². The number of fused-ring (bicyclic) bond motifs is 1. The van der Waals surface area contributed by atoms with Crippen LogP contribution in [-0.4, -0.2) is 36.3 Å².